The SMILES string of the molecule is CN(C)c1ccc(CNC(=O)C(Cc2ccccc2)N(C)C)cn1. The highest BCUT2D eigenvalue weighted by atomic mass is 16.2. The van der Waals surface area contributed by atoms with Crippen molar-refractivity contribution < 1.29 is 4.79 Å². The maximum Gasteiger partial charge on any atom is 0.237 e. The molecule has 1 unspecified atom stereocenters. The van der Waals surface area contributed by atoms with Crippen LogP contribution in [0.15, 0.2) is 48.7 Å². The first-order valence-corrected chi connectivity index (χ1v) is 8.07. The van der Waals surface area contributed by atoms with Crippen LogP contribution < -0.4 is 10.2 Å². The second kappa shape index (κ2) is 8.45. The van der Waals surface area contributed by atoms with Crippen molar-refractivity contribution in [2.45, 2.75) is 19.0 Å². The number of benzene rings is 1. The number of likely N-dealkylation sites (N-methyl/N-ethyl adjacent to an activating group) is 1. The summed E-state index contributed by atoms with van der Waals surface area (Å²) in [6, 6.07) is 13.8. The molecule has 128 valence electrons. The molecule has 1 N–H and O–H groups in total. The second-order valence-electron chi connectivity index (χ2n) is 6.31. The minimum atomic E-state index is -0.193. The standard InChI is InChI=1S/C19H26N4O/c1-22(2)17(12-15-8-6-5-7-9-15)19(24)21-14-16-10-11-18(20-13-16)23(3)4/h5-11,13,17H,12,14H2,1-4H3,(H,21,24). The number of carbonyl (C=O) groups excluding carboxylic acids is 1. The maximum atomic E-state index is 12.6. The molecule has 0 aliphatic heterocycles. The van der Waals surface area contributed by atoms with Gasteiger partial charge in [-0.2, -0.15) is 0 Å². The van der Waals surface area contributed by atoms with Crippen molar-refractivity contribution in [2.24, 2.45) is 0 Å². The minimum Gasteiger partial charge on any atom is -0.363 e. The monoisotopic (exact) mass is 326 g/mol. The number of amides is 1. The van der Waals surface area contributed by atoms with E-state index in [0.717, 1.165) is 16.9 Å². The highest BCUT2D eigenvalue weighted by Gasteiger charge is 2.20. The van der Waals surface area contributed by atoms with Gasteiger partial charge in [0.2, 0.25) is 5.91 Å². The van der Waals surface area contributed by atoms with Gasteiger partial charge >= 0.3 is 0 Å². The summed E-state index contributed by atoms with van der Waals surface area (Å²) in [5, 5.41) is 3.02. The molecule has 24 heavy (non-hydrogen) atoms. The van der Waals surface area contributed by atoms with Gasteiger partial charge in [0.05, 0.1) is 6.04 Å². The largest absolute Gasteiger partial charge is 0.363 e. The Morgan fingerprint density at radius 1 is 1.04 bits per heavy atom. The number of rotatable bonds is 7. The molecule has 1 aromatic carbocycles. The summed E-state index contributed by atoms with van der Waals surface area (Å²) in [5.41, 5.74) is 2.15. The van der Waals surface area contributed by atoms with Gasteiger partial charge < -0.3 is 10.2 Å². The van der Waals surface area contributed by atoms with Crippen molar-refractivity contribution >= 4 is 11.7 Å². The molecular weight excluding hydrogens is 300 g/mol. The fourth-order valence-electron chi connectivity index (χ4n) is 2.44. The van der Waals surface area contributed by atoms with Gasteiger partial charge in [-0.25, -0.2) is 4.98 Å². The van der Waals surface area contributed by atoms with E-state index in [4.69, 9.17) is 0 Å². The summed E-state index contributed by atoms with van der Waals surface area (Å²) < 4.78 is 0. The average molecular weight is 326 g/mol. The zero-order valence-corrected chi connectivity index (χ0v) is 14.9. The normalized spacial score (nSPS) is 12.0. The minimum absolute atomic E-state index is 0.0283. The molecule has 0 aliphatic rings. The van der Waals surface area contributed by atoms with Crippen molar-refractivity contribution in [2.75, 3.05) is 33.1 Å². The number of nitrogens with one attached hydrogen (secondary N) is 1. The van der Waals surface area contributed by atoms with Gasteiger partial charge in [0, 0.05) is 26.8 Å². The van der Waals surface area contributed by atoms with Gasteiger partial charge in [0.1, 0.15) is 5.82 Å². The molecule has 1 amide bonds. The van der Waals surface area contributed by atoms with Crippen LogP contribution in [0.5, 0.6) is 0 Å². The summed E-state index contributed by atoms with van der Waals surface area (Å²) in [6.07, 6.45) is 2.50. The van der Waals surface area contributed by atoms with Gasteiger partial charge in [-0.1, -0.05) is 36.4 Å². The molecule has 1 aromatic heterocycles. The Balaban J connectivity index is 1.95. The lowest BCUT2D eigenvalue weighted by Gasteiger charge is -2.23. The van der Waals surface area contributed by atoms with Crippen LogP contribution in [0.3, 0.4) is 0 Å². The lowest BCUT2D eigenvalue weighted by molar-refractivity contribution is -0.125. The zero-order chi connectivity index (χ0) is 17.5. The molecule has 5 heteroatoms. The van der Waals surface area contributed by atoms with Crippen molar-refractivity contribution in [3.05, 3.63) is 59.8 Å². The molecule has 0 radical (unpaired) electrons. The number of hydrogen-bond donors (Lipinski definition) is 1. The third kappa shape index (κ3) is 5.06. The Morgan fingerprint density at radius 3 is 2.29 bits per heavy atom. The fourth-order valence-corrected chi connectivity index (χ4v) is 2.44. The molecule has 2 rings (SSSR count). The van der Waals surface area contributed by atoms with Crippen molar-refractivity contribution in [3.8, 4) is 0 Å². The van der Waals surface area contributed by atoms with E-state index < -0.39 is 0 Å². The number of hydrogen-bond acceptors (Lipinski definition) is 4. The summed E-state index contributed by atoms with van der Waals surface area (Å²) >= 11 is 0. The third-order valence-corrected chi connectivity index (χ3v) is 3.93. The van der Waals surface area contributed by atoms with Crippen molar-refractivity contribution in [3.63, 3.8) is 0 Å². The average Bonchev–Trinajstić information content (AvgIpc) is 2.58. The molecule has 0 aliphatic carbocycles. The van der Waals surface area contributed by atoms with Crippen LogP contribution in [0.4, 0.5) is 5.82 Å². The zero-order valence-electron chi connectivity index (χ0n) is 14.9. The van der Waals surface area contributed by atoms with Crippen LogP contribution in [0.2, 0.25) is 0 Å². The van der Waals surface area contributed by atoms with E-state index in [-0.39, 0.29) is 11.9 Å². The number of pyridine rings is 1. The molecule has 0 bridgehead atoms. The van der Waals surface area contributed by atoms with Gasteiger partial charge in [-0.15, -0.1) is 0 Å². The fraction of sp³-hybridized carbons (Fsp3) is 0.368. The molecule has 2 aromatic rings. The van der Waals surface area contributed by atoms with Crippen LogP contribution in [-0.2, 0) is 17.8 Å². The van der Waals surface area contributed by atoms with Gasteiger partial charge in [-0.3, -0.25) is 9.69 Å². The highest BCUT2D eigenvalue weighted by Crippen LogP contribution is 2.09. The summed E-state index contributed by atoms with van der Waals surface area (Å²) in [4.78, 5) is 20.8. The first-order chi connectivity index (χ1) is 11.5. The van der Waals surface area contributed by atoms with Crippen LogP contribution >= 0.6 is 0 Å². The van der Waals surface area contributed by atoms with Crippen LogP contribution in [0.25, 0.3) is 0 Å². The van der Waals surface area contributed by atoms with E-state index in [1.165, 1.54) is 0 Å². The predicted octanol–water partition coefficient (Wildman–Crippen LogP) is 1.94. The van der Waals surface area contributed by atoms with Crippen molar-refractivity contribution in [1.82, 2.24) is 15.2 Å². The first-order valence-electron chi connectivity index (χ1n) is 8.07. The smallest absolute Gasteiger partial charge is 0.237 e. The van der Waals surface area contributed by atoms with E-state index in [1.807, 2.05) is 80.5 Å². The Kier molecular flexibility index (Phi) is 6.32. The molecule has 0 saturated carbocycles. The molecule has 0 fully saturated rings. The predicted molar refractivity (Wildman–Crippen MR) is 98.0 cm³/mol. The number of aromatic nitrogens is 1. The Labute approximate surface area is 144 Å². The van der Waals surface area contributed by atoms with Crippen LogP contribution in [-0.4, -0.2) is 50.0 Å². The number of anilines is 1. The van der Waals surface area contributed by atoms with E-state index in [2.05, 4.69) is 10.3 Å². The van der Waals surface area contributed by atoms with Crippen molar-refractivity contribution in [1.29, 1.82) is 0 Å². The molecule has 5 nitrogen and oxygen atoms in total. The van der Waals surface area contributed by atoms with Gasteiger partial charge in [-0.05, 0) is 37.7 Å². The first kappa shape index (κ1) is 17.9. The van der Waals surface area contributed by atoms with E-state index in [1.54, 1.807) is 6.20 Å². The van der Waals surface area contributed by atoms with Gasteiger partial charge in [0.25, 0.3) is 0 Å². The van der Waals surface area contributed by atoms with Crippen LogP contribution in [0.1, 0.15) is 11.1 Å². The van der Waals surface area contributed by atoms with Crippen LogP contribution in [0, 0.1) is 0 Å². The molecule has 0 saturated heterocycles. The second-order valence-corrected chi connectivity index (χ2v) is 6.31. The summed E-state index contributed by atoms with van der Waals surface area (Å²) in [6.45, 7) is 0.485. The maximum absolute atomic E-state index is 12.6. The van der Waals surface area contributed by atoms with E-state index >= 15 is 0 Å². The topological polar surface area (TPSA) is 48.5 Å². The Bertz CT molecular complexity index is 638. The quantitative estimate of drug-likeness (QED) is 0.845. The summed E-state index contributed by atoms with van der Waals surface area (Å²) in [5.74, 6) is 0.931. The van der Waals surface area contributed by atoms with E-state index in [0.29, 0.717) is 13.0 Å². The third-order valence-electron chi connectivity index (χ3n) is 3.93. The molecule has 1 heterocycles. The summed E-state index contributed by atoms with van der Waals surface area (Å²) in [7, 11) is 7.77. The van der Waals surface area contributed by atoms with E-state index in [9.17, 15) is 4.79 Å². The highest BCUT2D eigenvalue weighted by molar-refractivity contribution is 5.82. The lowest BCUT2D eigenvalue weighted by atomic mass is 10.0. The van der Waals surface area contributed by atoms with Gasteiger partial charge in [0.15, 0.2) is 0 Å². The Hall–Kier alpha value is -2.40. The molecule has 1 atom stereocenters. The lowest BCUT2D eigenvalue weighted by Crippen LogP contribution is -2.44. The number of carbonyl (C=O) groups is 1. The molecular formula is C19H26N4O. The molecule has 0 spiro atoms. The Morgan fingerprint density at radius 2 is 1.75 bits per heavy atom. The number of nitrogens with zero attached hydrogens (tertiary/aromatic N) is 3.